The molecule has 2 atom stereocenters. The predicted molar refractivity (Wildman–Crippen MR) is 96.2 cm³/mol. The molecule has 2 saturated heterocycles. The monoisotopic (exact) mass is 370 g/mol. The normalized spacial score (nSPS) is 26.8. The van der Waals surface area contributed by atoms with Gasteiger partial charge in [0.05, 0.1) is 24.1 Å². The van der Waals surface area contributed by atoms with E-state index in [1.165, 1.54) is 0 Å². The van der Waals surface area contributed by atoms with Gasteiger partial charge in [0.15, 0.2) is 9.84 Å². The number of carbonyl (C=O) groups excluding carboxylic acids is 1. The van der Waals surface area contributed by atoms with Crippen molar-refractivity contribution in [3.05, 3.63) is 29.3 Å². The van der Waals surface area contributed by atoms with E-state index in [0.29, 0.717) is 16.6 Å². The summed E-state index contributed by atoms with van der Waals surface area (Å²) in [5.74, 6) is 0.607. The Bertz CT molecular complexity index is 735. The number of piperazine rings is 1. The first-order valence-electron chi connectivity index (χ1n) is 8.29. The minimum absolute atomic E-state index is 0.0219. The predicted octanol–water partition coefficient (Wildman–Crippen LogP) is 2.20. The molecule has 7 heteroatoms. The van der Waals surface area contributed by atoms with Crippen LogP contribution < -0.4 is 4.90 Å². The summed E-state index contributed by atoms with van der Waals surface area (Å²) < 4.78 is 24.5. The Balaban J connectivity index is 1.92. The van der Waals surface area contributed by atoms with E-state index in [2.05, 4.69) is 18.7 Å². The summed E-state index contributed by atoms with van der Waals surface area (Å²) in [6.45, 7) is 5.28. The largest absolute Gasteiger partial charge is 0.306 e. The molecule has 1 aromatic rings. The average Bonchev–Trinajstić information content (AvgIpc) is 2.79. The van der Waals surface area contributed by atoms with Gasteiger partial charge < -0.3 is 4.90 Å². The van der Waals surface area contributed by atoms with Crippen molar-refractivity contribution in [3.63, 3.8) is 0 Å². The zero-order valence-corrected chi connectivity index (χ0v) is 15.6. The Morgan fingerprint density at radius 2 is 1.96 bits per heavy atom. The molecular formula is C17H23ClN2O3S. The van der Waals surface area contributed by atoms with Crippen LogP contribution in [0.3, 0.4) is 0 Å². The number of rotatable bonds is 4. The van der Waals surface area contributed by atoms with Gasteiger partial charge in [-0.2, -0.15) is 0 Å². The van der Waals surface area contributed by atoms with Gasteiger partial charge in [0.1, 0.15) is 0 Å². The van der Waals surface area contributed by atoms with Crippen molar-refractivity contribution in [1.82, 2.24) is 4.90 Å². The lowest BCUT2D eigenvalue weighted by Crippen LogP contribution is -2.62. The van der Waals surface area contributed by atoms with E-state index < -0.39 is 9.84 Å². The van der Waals surface area contributed by atoms with Crippen LogP contribution in [0.1, 0.15) is 20.3 Å². The van der Waals surface area contributed by atoms with E-state index in [1.54, 1.807) is 23.1 Å². The summed E-state index contributed by atoms with van der Waals surface area (Å²) in [7, 11) is -3.14. The quantitative estimate of drug-likeness (QED) is 0.815. The molecule has 2 aliphatic heterocycles. The Labute approximate surface area is 148 Å². The van der Waals surface area contributed by atoms with Crippen LogP contribution in [0.4, 0.5) is 5.69 Å². The molecule has 3 rings (SSSR count). The third-order valence-electron chi connectivity index (χ3n) is 4.78. The minimum Gasteiger partial charge on any atom is -0.306 e. The molecule has 0 bridgehead atoms. The number of anilines is 1. The van der Waals surface area contributed by atoms with Gasteiger partial charge in [-0.15, -0.1) is 0 Å². The molecule has 0 spiro atoms. The maximum absolute atomic E-state index is 12.8. The van der Waals surface area contributed by atoms with E-state index in [4.69, 9.17) is 11.6 Å². The van der Waals surface area contributed by atoms with Crippen LogP contribution >= 0.6 is 11.6 Å². The highest BCUT2D eigenvalue weighted by atomic mass is 35.5. The zero-order chi connectivity index (χ0) is 17.5. The van der Waals surface area contributed by atoms with Gasteiger partial charge in [0.25, 0.3) is 0 Å². The molecule has 0 saturated carbocycles. The molecule has 2 aliphatic rings. The first kappa shape index (κ1) is 17.7. The number of amides is 1. The molecule has 5 nitrogen and oxygen atoms in total. The smallest absolute Gasteiger partial charge is 0.241 e. The molecule has 1 aromatic carbocycles. The highest BCUT2D eigenvalue weighted by molar-refractivity contribution is 7.91. The van der Waals surface area contributed by atoms with Crippen molar-refractivity contribution >= 4 is 33.0 Å². The summed E-state index contributed by atoms with van der Waals surface area (Å²) in [5, 5.41) is 0.542. The summed E-state index contributed by atoms with van der Waals surface area (Å²) in [4.78, 5) is 16.5. The molecule has 1 amide bonds. The average molecular weight is 371 g/mol. The number of hydrogen-bond acceptors (Lipinski definition) is 4. The van der Waals surface area contributed by atoms with Crippen LogP contribution in [0, 0.1) is 5.92 Å². The summed E-state index contributed by atoms with van der Waals surface area (Å²) in [5.41, 5.74) is 0.683. The van der Waals surface area contributed by atoms with Crippen LogP contribution in [0.25, 0.3) is 0 Å². The Kier molecular flexibility index (Phi) is 4.91. The van der Waals surface area contributed by atoms with Crippen molar-refractivity contribution in [2.45, 2.75) is 32.4 Å². The number of nitrogens with zero attached hydrogens (tertiary/aromatic N) is 2. The van der Waals surface area contributed by atoms with Crippen molar-refractivity contribution in [3.8, 4) is 0 Å². The molecule has 0 aliphatic carbocycles. The lowest BCUT2D eigenvalue weighted by atomic mass is 10.0. The SMILES string of the molecule is CC(C)CCN1CC(=O)N(c2cccc(Cl)c2)C2CS(=O)(=O)CC21. The lowest BCUT2D eigenvalue weighted by molar-refractivity contribution is -0.123. The molecule has 24 heavy (non-hydrogen) atoms. The summed E-state index contributed by atoms with van der Waals surface area (Å²) >= 11 is 6.06. The Hall–Kier alpha value is -1.11. The molecular weight excluding hydrogens is 348 g/mol. The van der Waals surface area contributed by atoms with Crippen LogP contribution in [0.2, 0.25) is 5.02 Å². The number of hydrogen-bond donors (Lipinski definition) is 0. The second-order valence-electron chi connectivity index (χ2n) is 7.11. The number of benzene rings is 1. The molecule has 132 valence electrons. The fourth-order valence-electron chi connectivity index (χ4n) is 3.59. The maximum atomic E-state index is 12.8. The van der Waals surface area contributed by atoms with Gasteiger partial charge >= 0.3 is 0 Å². The van der Waals surface area contributed by atoms with E-state index in [9.17, 15) is 13.2 Å². The van der Waals surface area contributed by atoms with Crippen LogP contribution in [-0.4, -0.2) is 55.9 Å². The molecule has 0 radical (unpaired) electrons. The van der Waals surface area contributed by atoms with Crippen molar-refractivity contribution in [2.24, 2.45) is 5.92 Å². The molecule has 0 aromatic heterocycles. The third kappa shape index (κ3) is 3.60. The van der Waals surface area contributed by atoms with Gasteiger partial charge in [-0.1, -0.05) is 31.5 Å². The zero-order valence-electron chi connectivity index (χ0n) is 14.0. The highest BCUT2D eigenvalue weighted by Gasteiger charge is 2.49. The van der Waals surface area contributed by atoms with Crippen molar-refractivity contribution in [2.75, 3.05) is 29.5 Å². The summed E-state index contributed by atoms with van der Waals surface area (Å²) in [6.07, 6.45) is 0.952. The lowest BCUT2D eigenvalue weighted by Gasteiger charge is -2.43. The first-order chi connectivity index (χ1) is 11.3. The molecule has 2 heterocycles. The van der Waals surface area contributed by atoms with Gasteiger partial charge in [0, 0.05) is 16.8 Å². The van der Waals surface area contributed by atoms with Gasteiger partial charge in [-0.05, 0) is 37.1 Å². The number of carbonyl (C=O) groups is 1. The second-order valence-corrected chi connectivity index (χ2v) is 9.70. The fourth-order valence-corrected chi connectivity index (χ4v) is 5.75. The number of sulfone groups is 1. The fraction of sp³-hybridized carbons (Fsp3) is 0.588. The summed E-state index contributed by atoms with van der Waals surface area (Å²) in [6, 6.07) is 6.61. The Morgan fingerprint density at radius 1 is 1.25 bits per heavy atom. The van der Waals surface area contributed by atoms with E-state index in [-0.39, 0.29) is 36.0 Å². The van der Waals surface area contributed by atoms with Crippen molar-refractivity contribution < 1.29 is 13.2 Å². The van der Waals surface area contributed by atoms with E-state index in [1.807, 2.05) is 6.07 Å². The van der Waals surface area contributed by atoms with Crippen LogP contribution in [-0.2, 0) is 14.6 Å². The van der Waals surface area contributed by atoms with E-state index in [0.717, 1.165) is 13.0 Å². The number of halogens is 1. The molecule has 0 N–H and O–H groups in total. The van der Waals surface area contributed by atoms with Crippen molar-refractivity contribution in [1.29, 1.82) is 0 Å². The Morgan fingerprint density at radius 3 is 2.62 bits per heavy atom. The number of fused-ring (bicyclic) bond motifs is 1. The van der Waals surface area contributed by atoms with Gasteiger partial charge in [-0.25, -0.2) is 8.42 Å². The second kappa shape index (κ2) is 6.65. The van der Waals surface area contributed by atoms with Crippen LogP contribution in [0.15, 0.2) is 24.3 Å². The highest BCUT2D eigenvalue weighted by Crippen LogP contribution is 2.32. The molecule has 2 fully saturated rings. The third-order valence-corrected chi connectivity index (χ3v) is 6.72. The topological polar surface area (TPSA) is 57.7 Å². The maximum Gasteiger partial charge on any atom is 0.241 e. The van der Waals surface area contributed by atoms with Gasteiger partial charge in [-0.3, -0.25) is 9.69 Å². The standard InChI is InChI=1S/C17H23ClN2O3S/c1-12(2)6-7-19-9-17(21)20(14-5-3-4-13(18)8-14)16-11-24(22,23)10-15(16)19/h3-5,8,12,15-16H,6-7,9-11H2,1-2H3. The van der Waals surface area contributed by atoms with E-state index >= 15 is 0 Å². The minimum atomic E-state index is -3.14. The van der Waals surface area contributed by atoms with Crippen LogP contribution in [0.5, 0.6) is 0 Å². The molecule has 2 unspecified atom stereocenters. The van der Waals surface area contributed by atoms with Gasteiger partial charge in [0.2, 0.25) is 5.91 Å². The first-order valence-corrected chi connectivity index (χ1v) is 10.5.